The van der Waals surface area contributed by atoms with Crippen LogP contribution in [0.2, 0.25) is 0 Å². The predicted octanol–water partition coefficient (Wildman–Crippen LogP) is 5.53. The second-order valence-electron chi connectivity index (χ2n) is 11.3. The Morgan fingerprint density at radius 3 is 1.76 bits per heavy atom. The van der Waals surface area contributed by atoms with Crippen LogP contribution in [0.15, 0.2) is 42.5 Å². The molecule has 252 valence electrons. The van der Waals surface area contributed by atoms with E-state index < -0.39 is 30.0 Å². The van der Waals surface area contributed by atoms with Crippen LogP contribution in [-0.2, 0) is 0 Å². The van der Waals surface area contributed by atoms with Crippen LogP contribution >= 0.6 is 0 Å². The molecule has 11 heteroatoms. The van der Waals surface area contributed by atoms with Crippen LogP contribution in [0.1, 0.15) is 67.9 Å². The molecule has 0 amide bonds. The lowest BCUT2D eigenvalue weighted by Gasteiger charge is -2.30. The average Bonchev–Trinajstić information content (AvgIpc) is 3.04. The van der Waals surface area contributed by atoms with Crippen LogP contribution in [0.25, 0.3) is 0 Å². The lowest BCUT2D eigenvalue weighted by molar-refractivity contribution is 0.0487. The lowest BCUT2D eigenvalue weighted by atomic mass is 9.85. The first-order valence-corrected chi connectivity index (χ1v) is 15.0. The molecule has 2 unspecified atom stereocenters. The summed E-state index contributed by atoms with van der Waals surface area (Å²) in [5.74, 6) is 0.187. The topological polar surface area (TPSA) is 142 Å². The first-order valence-electron chi connectivity index (χ1n) is 15.0. The molecule has 3 N–H and O–H groups in total. The molecule has 0 radical (unpaired) electrons. The van der Waals surface area contributed by atoms with Gasteiger partial charge in [0, 0.05) is 11.1 Å². The Morgan fingerprint density at radius 2 is 1.30 bits per heavy atom. The molecule has 0 aromatic heterocycles. The molecule has 3 atom stereocenters. The van der Waals surface area contributed by atoms with E-state index in [-0.39, 0.29) is 40.4 Å². The van der Waals surface area contributed by atoms with E-state index in [9.17, 15) is 20.1 Å². The van der Waals surface area contributed by atoms with Gasteiger partial charge in [0.15, 0.2) is 40.3 Å². The monoisotopic (exact) mass is 642 g/mol. The van der Waals surface area contributed by atoms with E-state index in [1.807, 2.05) is 6.92 Å². The second kappa shape index (κ2) is 15.8. The normalized spacial score (nSPS) is 13.3. The molecule has 3 aromatic carbocycles. The maximum absolute atomic E-state index is 12.9. The molecule has 0 saturated carbocycles. The molecule has 0 aliphatic carbocycles. The summed E-state index contributed by atoms with van der Waals surface area (Å²) in [5.41, 5.74) is -0.581. The van der Waals surface area contributed by atoms with Gasteiger partial charge in [0.25, 0.3) is 0 Å². The van der Waals surface area contributed by atoms with E-state index in [0.717, 1.165) is 12.8 Å². The van der Waals surface area contributed by atoms with Crippen LogP contribution in [0, 0.1) is 0 Å². The van der Waals surface area contributed by atoms with Gasteiger partial charge in [-0.3, -0.25) is 4.79 Å². The van der Waals surface area contributed by atoms with Crippen molar-refractivity contribution in [1.29, 1.82) is 0 Å². The number of phenols is 1. The fourth-order valence-electron chi connectivity index (χ4n) is 5.25. The van der Waals surface area contributed by atoms with Crippen LogP contribution in [0.4, 0.5) is 0 Å². The molecule has 0 bridgehead atoms. The first kappa shape index (κ1) is 36.1. The minimum absolute atomic E-state index is 0.0935. The van der Waals surface area contributed by atoms with Crippen molar-refractivity contribution in [3.8, 4) is 46.0 Å². The molecular formula is C35H46O11. The van der Waals surface area contributed by atoms with Crippen molar-refractivity contribution in [3.05, 3.63) is 59.2 Å². The summed E-state index contributed by atoms with van der Waals surface area (Å²) in [6.07, 6.45) is 0.558. The van der Waals surface area contributed by atoms with Crippen molar-refractivity contribution in [2.24, 2.45) is 0 Å². The Labute approximate surface area is 270 Å². The van der Waals surface area contributed by atoms with Crippen LogP contribution in [0.5, 0.6) is 46.0 Å². The number of ether oxygens (including phenoxy) is 7. The molecule has 0 fully saturated rings. The molecule has 46 heavy (non-hydrogen) atoms. The van der Waals surface area contributed by atoms with Gasteiger partial charge in [0.2, 0.25) is 11.5 Å². The quantitative estimate of drug-likeness (QED) is 0.160. The van der Waals surface area contributed by atoms with Gasteiger partial charge in [-0.15, -0.1) is 0 Å². The highest BCUT2D eigenvalue weighted by atomic mass is 16.6. The number of methoxy groups -OCH3 is 5. The Kier molecular flexibility index (Phi) is 12.4. The number of Topliss-reactive ketones (excluding diaryl/α,β-unsaturated/α-hetero) is 1. The van der Waals surface area contributed by atoms with Gasteiger partial charge in [0.1, 0.15) is 11.7 Å². The third-order valence-electron chi connectivity index (χ3n) is 7.54. The van der Waals surface area contributed by atoms with Crippen molar-refractivity contribution in [1.82, 2.24) is 0 Å². The molecule has 3 rings (SSSR count). The van der Waals surface area contributed by atoms with Gasteiger partial charge in [-0.05, 0) is 63.1 Å². The lowest BCUT2D eigenvalue weighted by Crippen LogP contribution is -2.32. The number of aliphatic hydroxyl groups is 2. The Balaban J connectivity index is 2.27. The zero-order valence-corrected chi connectivity index (χ0v) is 28.0. The standard InChI is InChI=1S/C35H46O11/c1-10-12-20(2)45-32-25(41-6)15-21(16-26(32)42-7)30(23-13-11-14-24(40-5)31(23)37)29(19-36)46-33-27(43-8)17-22(18-28(33)44-9)34(38)35(3,4)39/h11,13-18,20,29-30,36-37,39H,10,12,19H2,1-9H3/t20-,29?,30?/m1/s1. The number of carbonyl (C=O) groups excluding carboxylic acids is 1. The molecule has 0 heterocycles. The molecule has 0 spiro atoms. The largest absolute Gasteiger partial charge is 0.504 e. The van der Waals surface area contributed by atoms with E-state index in [1.54, 1.807) is 30.3 Å². The summed E-state index contributed by atoms with van der Waals surface area (Å²) < 4.78 is 40.8. The molecule has 11 nitrogen and oxygen atoms in total. The van der Waals surface area contributed by atoms with Crippen molar-refractivity contribution in [3.63, 3.8) is 0 Å². The first-order chi connectivity index (χ1) is 21.9. The maximum Gasteiger partial charge on any atom is 0.203 e. The minimum atomic E-state index is -1.65. The fraction of sp³-hybridized carbons (Fsp3) is 0.457. The average molecular weight is 643 g/mol. The Hall–Kier alpha value is -4.35. The maximum atomic E-state index is 12.9. The van der Waals surface area contributed by atoms with E-state index >= 15 is 0 Å². The number of hydrogen-bond acceptors (Lipinski definition) is 11. The number of carbonyl (C=O) groups is 1. The zero-order valence-electron chi connectivity index (χ0n) is 28.0. The van der Waals surface area contributed by atoms with Gasteiger partial charge in [-0.25, -0.2) is 0 Å². The summed E-state index contributed by atoms with van der Waals surface area (Å²) in [7, 11) is 7.26. The number of benzene rings is 3. The number of para-hydroxylation sites is 1. The number of rotatable bonds is 17. The van der Waals surface area contributed by atoms with Gasteiger partial charge >= 0.3 is 0 Å². The van der Waals surface area contributed by atoms with Crippen molar-refractivity contribution in [2.45, 2.75) is 64.3 Å². The van der Waals surface area contributed by atoms with Gasteiger partial charge in [0.05, 0.1) is 54.2 Å². The highest BCUT2D eigenvalue weighted by Gasteiger charge is 2.34. The summed E-state index contributed by atoms with van der Waals surface area (Å²) in [5, 5.41) is 32.5. The molecule has 0 aliphatic heterocycles. The predicted molar refractivity (Wildman–Crippen MR) is 173 cm³/mol. The third-order valence-corrected chi connectivity index (χ3v) is 7.54. The van der Waals surface area contributed by atoms with Crippen molar-refractivity contribution >= 4 is 5.78 Å². The van der Waals surface area contributed by atoms with E-state index in [0.29, 0.717) is 28.4 Å². The smallest absolute Gasteiger partial charge is 0.203 e. The summed E-state index contributed by atoms with van der Waals surface area (Å²) in [6, 6.07) is 11.4. The van der Waals surface area contributed by atoms with Crippen LogP contribution < -0.4 is 33.2 Å². The Morgan fingerprint density at radius 1 is 0.804 bits per heavy atom. The number of aromatic hydroxyl groups is 1. The zero-order chi connectivity index (χ0) is 34.2. The highest BCUT2D eigenvalue weighted by Crippen LogP contribution is 2.48. The summed E-state index contributed by atoms with van der Waals surface area (Å²) in [6.45, 7) is 6.27. The van der Waals surface area contributed by atoms with Gasteiger partial charge in [-0.2, -0.15) is 0 Å². The summed E-state index contributed by atoms with van der Waals surface area (Å²) >= 11 is 0. The van der Waals surface area contributed by atoms with Crippen LogP contribution in [0.3, 0.4) is 0 Å². The minimum Gasteiger partial charge on any atom is -0.504 e. The van der Waals surface area contributed by atoms with Crippen LogP contribution in [-0.4, -0.2) is 81.1 Å². The number of hydrogen-bond donors (Lipinski definition) is 3. The molecule has 0 saturated heterocycles. The second-order valence-corrected chi connectivity index (χ2v) is 11.3. The Bertz CT molecular complexity index is 1430. The number of ketones is 1. The number of phenolic OH excluding ortho intramolecular Hbond substituents is 1. The van der Waals surface area contributed by atoms with E-state index in [4.69, 9.17) is 33.2 Å². The SMILES string of the molecule is CCC[C@@H](C)Oc1c(OC)cc(C(c2cccc(OC)c2O)C(CO)Oc2c(OC)cc(C(=O)C(C)(C)O)cc2OC)cc1OC. The van der Waals surface area contributed by atoms with Gasteiger partial charge < -0.3 is 48.5 Å². The van der Waals surface area contributed by atoms with E-state index in [1.165, 1.54) is 61.5 Å². The van der Waals surface area contributed by atoms with Gasteiger partial charge in [-0.1, -0.05) is 25.5 Å². The fourth-order valence-corrected chi connectivity index (χ4v) is 5.25. The summed E-state index contributed by atoms with van der Waals surface area (Å²) in [4.78, 5) is 12.9. The van der Waals surface area contributed by atoms with E-state index in [2.05, 4.69) is 6.92 Å². The highest BCUT2D eigenvalue weighted by molar-refractivity contribution is 6.02. The molecular weight excluding hydrogens is 596 g/mol. The number of aliphatic hydroxyl groups excluding tert-OH is 1. The third kappa shape index (κ3) is 7.89. The van der Waals surface area contributed by atoms with Crippen molar-refractivity contribution < 1.29 is 53.3 Å². The van der Waals surface area contributed by atoms with Crippen molar-refractivity contribution in [2.75, 3.05) is 42.2 Å². The molecule has 0 aliphatic rings. The molecule has 3 aromatic rings.